The normalized spacial score (nSPS) is 15.4. The molecule has 0 aromatic carbocycles. The summed E-state index contributed by atoms with van der Waals surface area (Å²) in [6, 6.07) is 0. The summed E-state index contributed by atoms with van der Waals surface area (Å²) in [6.07, 6.45) is 3.87. The molecule has 0 fully saturated rings. The third-order valence-corrected chi connectivity index (χ3v) is 1.95. The second-order valence-electron chi connectivity index (χ2n) is 2.72. The van der Waals surface area contributed by atoms with Crippen LogP contribution >= 0.6 is 0 Å². The van der Waals surface area contributed by atoms with Gasteiger partial charge in [0, 0.05) is 5.56 Å². The van der Waals surface area contributed by atoms with Crippen molar-refractivity contribution < 1.29 is 4.74 Å². The molecule has 0 saturated carbocycles. The molecule has 1 aromatic rings. The lowest BCUT2D eigenvalue weighted by molar-refractivity contribution is 0.285. The van der Waals surface area contributed by atoms with Crippen molar-refractivity contribution in [3.63, 3.8) is 0 Å². The maximum atomic E-state index is 5.40. The summed E-state index contributed by atoms with van der Waals surface area (Å²) >= 11 is 0. The van der Waals surface area contributed by atoms with Gasteiger partial charge in [0.2, 0.25) is 0 Å². The van der Waals surface area contributed by atoms with E-state index in [0.717, 1.165) is 30.9 Å². The molecule has 11 heavy (non-hydrogen) atoms. The van der Waals surface area contributed by atoms with E-state index in [1.54, 1.807) is 6.20 Å². The minimum absolute atomic E-state index is 0.818. The van der Waals surface area contributed by atoms with Gasteiger partial charge in [0.25, 0.3) is 0 Å². The Kier molecular flexibility index (Phi) is 1.49. The monoisotopic (exact) mass is 150 g/mol. The van der Waals surface area contributed by atoms with Crippen LogP contribution in [0, 0.1) is 6.92 Å². The maximum absolute atomic E-state index is 5.40. The van der Waals surface area contributed by atoms with E-state index in [1.165, 1.54) is 5.56 Å². The van der Waals surface area contributed by atoms with E-state index in [1.807, 2.05) is 6.92 Å². The molecule has 2 rings (SSSR count). The lowest BCUT2D eigenvalue weighted by atomic mass is 10.1. The van der Waals surface area contributed by atoms with Crippen molar-refractivity contribution in [2.75, 3.05) is 6.61 Å². The van der Waals surface area contributed by atoms with Gasteiger partial charge in [-0.2, -0.15) is 10.2 Å². The Bertz CT molecular complexity index is 273. The zero-order valence-electron chi connectivity index (χ0n) is 6.50. The third kappa shape index (κ3) is 1.06. The standard InChI is InChI=1S/C8H10N2O/c1-6-7-3-2-4-11-8(7)5-9-10-6/h5H,2-4H2,1H3. The van der Waals surface area contributed by atoms with Gasteiger partial charge in [-0.15, -0.1) is 0 Å². The summed E-state index contributed by atoms with van der Waals surface area (Å²) in [5.74, 6) is 0.920. The van der Waals surface area contributed by atoms with Crippen molar-refractivity contribution in [1.82, 2.24) is 10.2 Å². The van der Waals surface area contributed by atoms with E-state index in [9.17, 15) is 0 Å². The average molecular weight is 150 g/mol. The molecule has 0 spiro atoms. The summed E-state index contributed by atoms with van der Waals surface area (Å²) in [7, 11) is 0. The zero-order chi connectivity index (χ0) is 7.68. The van der Waals surface area contributed by atoms with Crippen LogP contribution in [-0.4, -0.2) is 16.8 Å². The molecule has 0 bridgehead atoms. The van der Waals surface area contributed by atoms with E-state index < -0.39 is 0 Å². The maximum Gasteiger partial charge on any atom is 0.144 e. The van der Waals surface area contributed by atoms with Crippen molar-refractivity contribution >= 4 is 0 Å². The Morgan fingerprint density at radius 3 is 3.27 bits per heavy atom. The van der Waals surface area contributed by atoms with Crippen LogP contribution in [0.15, 0.2) is 6.20 Å². The number of nitrogens with zero attached hydrogens (tertiary/aromatic N) is 2. The van der Waals surface area contributed by atoms with Crippen molar-refractivity contribution in [3.05, 3.63) is 17.5 Å². The third-order valence-electron chi connectivity index (χ3n) is 1.95. The fourth-order valence-corrected chi connectivity index (χ4v) is 1.34. The first kappa shape index (κ1) is 6.58. The molecule has 3 heteroatoms. The number of aromatic nitrogens is 2. The summed E-state index contributed by atoms with van der Waals surface area (Å²) in [4.78, 5) is 0. The Labute approximate surface area is 65.4 Å². The fraction of sp³-hybridized carbons (Fsp3) is 0.500. The highest BCUT2D eigenvalue weighted by Crippen LogP contribution is 2.24. The van der Waals surface area contributed by atoms with E-state index in [0.29, 0.717) is 0 Å². The second-order valence-corrected chi connectivity index (χ2v) is 2.72. The van der Waals surface area contributed by atoms with Crippen LogP contribution in [0.5, 0.6) is 5.75 Å². The predicted molar refractivity (Wildman–Crippen MR) is 40.6 cm³/mol. The summed E-state index contributed by atoms with van der Waals surface area (Å²) in [6.45, 7) is 2.79. The van der Waals surface area contributed by atoms with Crippen molar-refractivity contribution in [2.45, 2.75) is 19.8 Å². The van der Waals surface area contributed by atoms with Crippen LogP contribution in [0.3, 0.4) is 0 Å². The van der Waals surface area contributed by atoms with Crippen molar-refractivity contribution in [3.8, 4) is 5.75 Å². The largest absolute Gasteiger partial charge is 0.492 e. The van der Waals surface area contributed by atoms with Gasteiger partial charge in [0.1, 0.15) is 5.75 Å². The minimum atomic E-state index is 0.818. The van der Waals surface area contributed by atoms with Crippen LogP contribution in [0.2, 0.25) is 0 Å². The predicted octanol–water partition coefficient (Wildman–Crippen LogP) is 1.11. The lowest BCUT2D eigenvalue weighted by Crippen LogP contribution is -2.11. The molecular formula is C8H10N2O. The average Bonchev–Trinajstić information content (AvgIpc) is 2.06. The van der Waals surface area contributed by atoms with E-state index in [2.05, 4.69) is 10.2 Å². The Balaban J connectivity index is 2.49. The van der Waals surface area contributed by atoms with Crippen LogP contribution in [-0.2, 0) is 6.42 Å². The second kappa shape index (κ2) is 2.49. The molecule has 1 aromatic heterocycles. The molecule has 0 amide bonds. The van der Waals surface area contributed by atoms with Crippen molar-refractivity contribution in [2.24, 2.45) is 0 Å². The Morgan fingerprint density at radius 1 is 1.55 bits per heavy atom. The molecule has 1 aliphatic rings. The first-order chi connectivity index (χ1) is 5.38. The Morgan fingerprint density at radius 2 is 2.45 bits per heavy atom. The van der Waals surface area contributed by atoms with Crippen LogP contribution < -0.4 is 4.74 Å². The molecule has 2 heterocycles. The number of ether oxygens (including phenoxy) is 1. The molecule has 0 atom stereocenters. The number of hydrogen-bond acceptors (Lipinski definition) is 3. The highest BCUT2D eigenvalue weighted by molar-refractivity contribution is 5.34. The van der Waals surface area contributed by atoms with E-state index in [4.69, 9.17) is 4.74 Å². The number of fused-ring (bicyclic) bond motifs is 1. The van der Waals surface area contributed by atoms with Gasteiger partial charge in [-0.3, -0.25) is 0 Å². The van der Waals surface area contributed by atoms with Gasteiger partial charge in [0.15, 0.2) is 0 Å². The molecule has 3 nitrogen and oxygen atoms in total. The van der Waals surface area contributed by atoms with Crippen LogP contribution in [0.25, 0.3) is 0 Å². The van der Waals surface area contributed by atoms with Gasteiger partial charge in [-0.1, -0.05) is 0 Å². The molecular weight excluding hydrogens is 140 g/mol. The first-order valence-electron chi connectivity index (χ1n) is 3.82. The summed E-state index contributed by atoms with van der Waals surface area (Å²) in [5.41, 5.74) is 2.23. The molecule has 0 aliphatic carbocycles. The Hall–Kier alpha value is -1.12. The smallest absolute Gasteiger partial charge is 0.144 e. The SMILES string of the molecule is Cc1nncc2c1CCCO2. The first-order valence-corrected chi connectivity index (χ1v) is 3.82. The summed E-state index contributed by atoms with van der Waals surface area (Å²) < 4.78 is 5.40. The van der Waals surface area contributed by atoms with Gasteiger partial charge in [0.05, 0.1) is 18.5 Å². The zero-order valence-corrected chi connectivity index (χ0v) is 6.50. The van der Waals surface area contributed by atoms with E-state index in [-0.39, 0.29) is 0 Å². The number of rotatable bonds is 0. The van der Waals surface area contributed by atoms with Gasteiger partial charge in [-0.25, -0.2) is 0 Å². The molecule has 1 aliphatic heterocycles. The molecule has 0 radical (unpaired) electrons. The highest BCUT2D eigenvalue weighted by atomic mass is 16.5. The lowest BCUT2D eigenvalue weighted by Gasteiger charge is -2.16. The fourth-order valence-electron chi connectivity index (χ4n) is 1.34. The van der Waals surface area contributed by atoms with E-state index >= 15 is 0 Å². The molecule has 58 valence electrons. The molecule has 0 saturated heterocycles. The highest BCUT2D eigenvalue weighted by Gasteiger charge is 2.12. The topological polar surface area (TPSA) is 35.0 Å². The van der Waals surface area contributed by atoms with Crippen LogP contribution in [0.1, 0.15) is 17.7 Å². The molecule has 0 N–H and O–H groups in total. The van der Waals surface area contributed by atoms with Gasteiger partial charge >= 0.3 is 0 Å². The van der Waals surface area contributed by atoms with Crippen LogP contribution in [0.4, 0.5) is 0 Å². The van der Waals surface area contributed by atoms with Gasteiger partial charge < -0.3 is 4.74 Å². The quantitative estimate of drug-likeness (QED) is 0.555. The molecule has 0 unspecified atom stereocenters. The van der Waals surface area contributed by atoms with Crippen molar-refractivity contribution in [1.29, 1.82) is 0 Å². The minimum Gasteiger partial charge on any atom is -0.492 e. The number of aryl methyl sites for hydroxylation is 1. The summed E-state index contributed by atoms with van der Waals surface area (Å²) in [5, 5.41) is 7.78. The van der Waals surface area contributed by atoms with Gasteiger partial charge in [-0.05, 0) is 19.8 Å². The number of hydrogen-bond donors (Lipinski definition) is 0.